The third-order valence-electron chi connectivity index (χ3n) is 3.72. The molecule has 0 saturated carbocycles. The van der Waals surface area contributed by atoms with Gasteiger partial charge in [0.25, 0.3) is 0 Å². The number of hydrogen-bond acceptors (Lipinski definition) is 6. The van der Waals surface area contributed by atoms with Crippen LogP contribution in [0, 0.1) is 0 Å². The molecule has 118 valence electrons. The van der Waals surface area contributed by atoms with Gasteiger partial charge in [-0.1, -0.05) is 13.8 Å². The van der Waals surface area contributed by atoms with Gasteiger partial charge in [-0.2, -0.15) is 0 Å². The van der Waals surface area contributed by atoms with Crippen molar-refractivity contribution in [2.24, 2.45) is 0 Å². The van der Waals surface area contributed by atoms with Gasteiger partial charge in [0.1, 0.15) is 17.5 Å². The molecule has 1 saturated heterocycles. The monoisotopic (exact) mass is 312 g/mol. The summed E-state index contributed by atoms with van der Waals surface area (Å²) in [5.41, 5.74) is 0. The molecule has 2 rings (SSSR count). The second-order valence-electron chi connectivity index (χ2n) is 5.82. The Kier molecular flexibility index (Phi) is 4.70. The highest BCUT2D eigenvalue weighted by molar-refractivity contribution is 7.91. The van der Waals surface area contributed by atoms with Crippen molar-refractivity contribution in [3.63, 3.8) is 0 Å². The van der Waals surface area contributed by atoms with Crippen molar-refractivity contribution in [2.45, 2.75) is 39.2 Å². The highest BCUT2D eigenvalue weighted by Gasteiger charge is 2.31. The smallest absolute Gasteiger partial charge is 0.152 e. The Balaban J connectivity index is 2.29. The topological polar surface area (TPSA) is 75.2 Å². The Hall–Kier alpha value is -1.37. The van der Waals surface area contributed by atoms with Gasteiger partial charge in [-0.15, -0.1) is 0 Å². The van der Waals surface area contributed by atoms with Crippen molar-refractivity contribution in [2.75, 3.05) is 35.3 Å². The first-order valence-electron chi connectivity index (χ1n) is 7.38. The van der Waals surface area contributed by atoms with E-state index in [2.05, 4.69) is 29.1 Å². The van der Waals surface area contributed by atoms with Crippen molar-refractivity contribution in [3.05, 3.63) is 11.9 Å². The maximum absolute atomic E-state index is 11.6. The van der Waals surface area contributed by atoms with Gasteiger partial charge in [0.2, 0.25) is 0 Å². The van der Waals surface area contributed by atoms with E-state index in [0.717, 1.165) is 24.0 Å². The van der Waals surface area contributed by atoms with E-state index in [1.807, 2.05) is 24.9 Å². The fourth-order valence-corrected chi connectivity index (χ4v) is 4.21. The van der Waals surface area contributed by atoms with Gasteiger partial charge in [0.15, 0.2) is 9.84 Å². The van der Waals surface area contributed by atoms with Crippen molar-refractivity contribution in [3.8, 4) is 0 Å². The lowest BCUT2D eigenvalue weighted by molar-refractivity contribution is 0.600. The molecule has 1 aromatic rings. The molecular formula is C14H24N4O2S. The average molecular weight is 312 g/mol. The predicted octanol–water partition coefficient (Wildman–Crippen LogP) is 1.66. The normalized spacial score (nSPS) is 20.7. The van der Waals surface area contributed by atoms with E-state index in [4.69, 9.17) is 0 Å². The van der Waals surface area contributed by atoms with Crippen LogP contribution in [0.2, 0.25) is 0 Å². The maximum Gasteiger partial charge on any atom is 0.152 e. The number of nitrogens with one attached hydrogen (secondary N) is 1. The Bertz CT molecular complexity index is 601. The van der Waals surface area contributed by atoms with Crippen LogP contribution in [0.4, 0.5) is 11.6 Å². The Morgan fingerprint density at radius 1 is 1.43 bits per heavy atom. The molecule has 0 radical (unpaired) electrons. The summed E-state index contributed by atoms with van der Waals surface area (Å²) < 4.78 is 23.3. The molecule has 2 heterocycles. The van der Waals surface area contributed by atoms with E-state index < -0.39 is 9.84 Å². The lowest BCUT2D eigenvalue weighted by Crippen LogP contribution is -2.33. The Labute approximate surface area is 126 Å². The van der Waals surface area contributed by atoms with E-state index in [1.54, 1.807) is 0 Å². The summed E-state index contributed by atoms with van der Waals surface area (Å²) in [4.78, 5) is 11.1. The summed E-state index contributed by atoms with van der Waals surface area (Å²) in [7, 11) is -0.986. The van der Waals surface area contributed by atoms with E-state index in [1.165, 1.54) is 0 Å². The standard InChI is InChI=1S/C14H24N4O2S/c1-5-15-12-8-13(17-14(16-12)10(2)3)18(4)11-6-7-21(19,20)9-11/h8,10-11H,5-7,9H2,1-4H3,(H,15,16,17). The number of rotatable bonds is 5. The predicted molar refractivity (Wildman–Crippen MR) is 85.7 cm³/mol. The summed E-state index contributed by atoms with van der Waals surface area (Å²) in [6.07, 6.45) is 0.663. The zero-order valence-corrected chi connectivity index (χ0v) is 13.9. The molecule has 0 bridgehead atoms. The van der Waals surface area contributed by atoms with Crippen LogP contribution in [-0.2, 0) is 9.84 Å². The van der Waals surface area contributed by atoms with Crippen LogP contribution in [0.15, 0.2) is 6.07 Å². The molecule has 0 spiro atoms. The molecule has 7 heteroatoms. The van der Waals surface area contributed by atoms with Crippen LogP contribution >= 0.6 is 0 Å². The van der Waals surface area contributed by atoms with Crippen LogP contribution in [0.1, 0.15) is 38.9 Å². The second-order valence-corrected chi connectivity index (χ2v) is 8.05. The average Bonchev–Trinajstić information content (AvgIpc) is 2.78. The summed E-state index contributed by atoms with van der Waals surface area (Å²) in [5, 5.41) is 3.21. The zero-order chi connectivity index (χ0) is 15.6. The minimum absolute atomic E-state index is 0.000566. The minimum atomic E-state index is -2.90. The number of nitrogens with zero attached hydrogens (tertiary/aromatic N) is 3. The molecule has 1 aliphatic rings. The minimum Gasteiger partial charge on any atom is -0.370 e. The van der Waals surface area contributed by atoms with Crippen molar-refractivity contribution >= 4 is 21.5 Å². The van der Waals surface area contributed by atoms with Crippen LogP contribution in [-0.4, -0.2) is 49.5 Å². The number of aromatic nitrogens is 2. The summed E-state index contributed by atoms with van der Waals surface area (Å²) >= 11 is 0. The Morgan fingerprint density at radius 2 is 2.14 bits per heavy atom. The molecule has 6 nitrogen and oxygen atoms in total. The molecule has 0 aliphatic carbocycles. The van der Waals surface area contributed by atoms with Gasteiger partial charge in [-0.05, 0) is 13.3 Å². The first kappa shape index (κ1) is 16.0. The van der Waals surface area contributed by atoms with Gasteiger partial charge in [-0.25, -0.2) is 18.4 Å². The molecule has 0 aromatic carbocycles. The number of sulfone groups is 1. The summed E-state index contributed by atoms with van der Waals surface area (Å²) in [5.74, 6) is 3.05. The van der Waals surface area contributed by atoms with Crippen LogP contribution in [0.3, 0.4) is 0 Å². The first-order valence-corrected chi connectivity index (χ1v) is 9.20. The van der Waals surface area contributed by atoms with Gasteiger partial charge in [-0.3, -0.25) is 0 Å². The largest absolute Gasteiger partial charge is 0.370 e. The fourth-order valence-electron chi connectivity index (χ4n) is 2.43. The van der Waals surface area contributed by atoms with Crippen LogP contribution in [0.25, 0.3) is 0 Å². The molecule has 1 atom stereocenters. The Morgan fingerprint density at radius 3 is 2.67 bits per heavy atom. The fraction of sp³-hybridized carbons (Fsp3) is 0.714. The molecular weight excluding hydrogens is 288 g/mol. The molecule has 0 amide bonds. The van der Waals surface area contributed by atoms with Gasteiger partial charge in [0.05, 0.1) is 11.5 Å². The van der Waals surface area contributed by atoms with Gasteiger partial charge in [0, 0.05) is 31.6 Å². The summed E-state index contributed by atoms with van der Waals surface area (Å²) in [6, 6.07) is 1.89. The molecule has 1 N–H and O–H groups in total. The number of hydrogen-bond donors (Lipinski definition) is 1. The highest BCUT2D eigenvalue weighted by atomic mass is 32.2. The van der Waals surface area contributed by atoms with E-state index >= 15 is 0 Å². The molecule has 1 unspecified atom stereocenters. The lowest BCUT2D eigenvalue weighted by atomic mass is 10.2. The maximum atomic E-state index is 11.6. The van der Waals surface area contributed by atoms with Crippen LogP contribution in [0.5, 0.6) is 0 Å². The third kappa shape index (κ3) is 3.84. The SMILES string of the molecule is CCNc1cc(N(C)C2CCS(=O)(=O)C2)nc(C(C)C)n1. The van der Waals surface area contributed by atoms with E-state index in [9.17, 15) is 8.42 Å². The van der Waals surface area contributed by atoms with Crippen molar-refractivity contribution in [1.29, 1.82) is 0 Å². The van der Waals surface area contributed by atoms with E-state index in [-0.39, 0.29) is 23.5 Å². The second kappa shape index (κ2) is 6.17. The van der Waals surface area contributed by atoms with Crippen molar-refractivity contribution in [1.82, 2.24) is 9.97 Å². The first-order chi connectivity index (χ1) is 9.82. The zero-order valence-electron chi connectivity index (χ0n) is 13.1. The van der Waals surface area contributed by atoms with Crippen LogP contribution < -0.4 is 10.2 Å². The molecule has 1 aromatic heterocycles. The summed E-state index contributed by atoms with van der Waals surface area (Å²) in [6.45, 7) is 6.91. The lowest BCUT2D eigenvalue weighted by Gasteiger charge is -2.25. The van der Waals surface area contributed by atoms with Gasteiger partial charge < -0.3 is 10.2 Å². The quantitative estimate of drug-likeness (QED) is 0.891. The van der Waals surface area contributed by atoms with Gasteiger partial charge >= 0.3 is 0 Å². The number of anilines is 2. The molecule has 1 aliphatic heterocycles. The highest BCUT2D eigenvalue weighted by Crippen LogP contribution is 2.24. The van der Waals surface area contributed by atoms with Crippen molar-refractivity contribution < 1.29 is 8.42 Å². The molecule has 1 fully saturated rings. The third-order valence-corrected chi connectivity index (χ3v) is 5.47. The molecule has 21 heavy (non-hydrogen) atoms. The van der Waals surface area contributed by atoms with E-state index in [0.29, 0.717) is 6.42 Å².